The second-order valence-electron chi connectivity index (χ2n) is 4.70. The van der Waals surface area contributed by atoms with Gasteiger partial charge in [0.25, 0.3) is 0 Å². The van der Waals surface area contributed by atoms with E-state index in [4.69, 9.17) is 5.11 Å². The van der Waals surface area contributed by atoms with Crippen molar-refractivity contribution < 1.29 is 18.7 Å². The summed E-state index contributed by atoms with van der Waals surface area (Å²) in [6, 6.07) is 0. The Kier molecular flexibility index (Phi) is 4.05. The fraction of sp³-hybridized carbons (Fsp3) is 0.909. The summed E-state index contributed by atoms with van der Waals surface area (Å²) in [5.74, 6) is -4.49. The van der Waals surface area contributed by atoms with Crippen molar-refractivity contribution in [1.82, 2.24) is 0 Å². The van der Waals surface area contributed by atoms with Crippen LogP contribution in [-0.2, 0) is 4.79 Å². The predicted octanol–water partition coefficient (Wildman–Crippen LogP) is 3.31. The number of carbonyl (C=O) groups is 1. The van der Waals surface area contributed by atoms with E-state index in [1.807, 2.05) is 0 Å². The maximum atomic E-state index is 12.7. The lowest BCUT2D eigenvalue weighted by Gasteiger charge is -2.19. The molecule has 0 bridgehead atoms. The van der Waals surface area contributed by atoms with E-state index in [1.165, 1.54) is 0 Å². The SMILES string of the molecule is CC(F)(F)CC(CC1CCCC1)C(=O)O. The standard InChI is InChI=1S/C11H18F2O2/c1-11(12,13)7-9(10(14)15)6-8-4-2-3-5-8/h8-9H,2-7H2,1H3,(H,14,15). The number of alkyl halides is 2. The highest BCUT2D eigenvalue weighted by molar-refractivity contribution is 5.70. The van der Waals surface area contributed by atoms with E-state index >= 15 is 0 Å². The number of carboxylic acids is 1. The molecule has 0 amide bonds. The molecule has 88 valence electrons. The molecule has 1 unspecified atom stereocenters. The molecule has 4 heteroatoms. The Bertz CT molecular complexity index is 217. The molecule has 1 N–H and O–H groups in total. The minimum atomic E-state index is -2.87. The predicted molar refractivity (Wildman–Crippen MR) is 52.9 cm³/mol. The van der Waals surface area contributed by atoms with Crippen LogP contribution in [0.1, 0.15) is 45.4 Å². The minimum absolute atomic E-state index is 0.341. The van der Waals surface area contributed by atoms with Gasteiger partial charge >= 0.3 is 5.97 Å². The van der Waals surface area contributed by atoms with Gasteiger partial charge in [0.1, 0.15) is 0 Å². The van der Waals surface area contributed by atoms with Gasteiger partial charge in [-0.1, -0.05) is 25.7 Å². The summed E-state index contributed by atoms with van der Waals surface area (Å²) < 4.78 is 25.5. The van der Waals surface area contributed by atoms with Crippen LogP contribution in [0.3, 0.4) is 0 Å². The molecule has 0 aromatic heterocycles. The van der Waals surface area contributed by atoms with Crippen LogP contribution in [0.4, 0.5) is 8.78 Å². The van der Waals surface area contributed by atoms with E-state index in [0.29, 0.717) is 12.3 Å². The van der Waals surface area contributed by atoms with Crippen molar-refractivity contribution in [2.24, 2.45) is 11.8 Å². The Labute approximate surface area is 88.7 Å². The van der Waals surface area contributed by atoms with Crippen LogP contribution in [0.5, 0.6) is 0 Å². The quantitative estimate of drug-likeness (QED) is 0.771. The smallest absolute Gasteiger partial charge is 0.306 e. The van der Waals surface area contributed by atoms with Gasteiger partial charge in [0.05, 0.1) is 5.92 Å². The lowest BCUT2D eigenvalue weighted by atomic mass is 9.89. The van der Waals surface area contributed by atoms with E-state index in [2.05, 4.69) is 0 Å². The first kappa shape index (κ1) is 12.4. The zero-order valence-electron chi connectivity index (χ0n) is 9.01. The number of aliphatic carboxylic acids is 1. The number of rotatable bonds is 5. The molecule has 1 aliphatic carbocycles. The maximum Gasteiger partial charge on any atom is 0.306 e. The van der Waals surface area contributed by atoms with Crippen molar-refractivity contribution in [3.8, 4) is 0 Å². The van der Waals surface area contributed by atoms with E-state index < -0.39 is 24.2 Å². The number of carboxylic acid groups (broad SMARTS) is 1. The fourth-order valence-electron chi connectivity index (χ4n) is 2.35. The first-order chi connectivity index (χ1) is 6.88. The zero-order chi connectivity index (χ0) is 11.5. The van der Waals surface area contributed by atoms with Gasteiger partial charge in [0.2, 0.25) is 5.92 Å². The van der Waals surface area contributed by atoms with Crippen LogP contribution in [0.2, 0.25) is 0 Å². The van der Waals surface area contributed by atoms with Crippen molar-refractivity contribution in [2.75, 3.05) is 0 Å². The highest BCUT2D eigenvalue weighted by atomic mass is 19.3. The molecule has 1 atom stereocenters. The molecule has 0 saturated heterocycles. The van der Waals surface area contributed by atoms with Gasteiger partial charge in [-0.2, -0.15) is 0 Å². The fourth-order valence-corrected chi connectivity index (χ4v) is 2.35. The van der Waals surface area contributed by atoms with Gasteiger partial charge in [0, 0.05) is 6.42 Å². The van der Waals surface area contributed by atoms with E-state index in [0.717, 1.165) is 32.6 Å². The van der Waals surface area contributed by atoms with Gasteiger partial charge in [0.15, 0.2) is 0 Å². The molecular formula is C11H18F2O2. The molecule has 2 nitrogen and oxygen atoms in total. The van der Waals surface area contributed by atoms with Gasteiger partial charge < -0.3 is 5.11 Å². The largest absolute Gasteiger partial charge is 0.481 e. The molecule has 0 aromatic rings. The first-order valence-corrected chi connectivity index (χ1v) is 5.49. The molecule has 0 aromatic carbocycles. The average Bonchev–Trinajstić information content (AvgIpc) is 2.52. The third kappa shape index (κ3) is 4.58. The summed E-state index contributed by atoms with van der Waals surface area (Å²) >= 11 is 0. The van der Waals surface area contributed by atoms with Gasteiger partial charge in [-0.15, -0.1) is 0 Å². The van der Waals surface area contributed by atoms with Crippen molar-refractivity contribution in [3.63, 3.8) is 0 Å². The van der Waals surface area contributed by atoms with Gasteiger partial charge in [-0.05, 0) is 19.3 Å². The third-order valence-corrected chi connectivity index (χ3v) is 3.05. The molecular weight excluding hydrogens is 202 g/mol. The molecule has 1 aliphatic rings. The maximum absolute atomic E-state index is 12.7. The Hall–Kier alpha value is -0.670. The summed E-state index contributed by atoms with van der Waals surface area (Å²) in [6.45, 7) is 0.789. The molecule has 0 heterocycles. The van der Waals surface area contributed by atoms with Gasteiger partial charge in [-0.3, -0.25) is 4.79 Å². The number of halogens is 2. The lowest BCUT2D eigenvalue weighted by molar-refractivity contribution is -0.145. The Balaban J connectivity index is 2.46. The summed E-state index contributed by atoms with van der Waals surface area (Å²) in [5.41, 5.74) is 0. The van der Waals surface area contributed by atoms with Crippen LogP contribution in [0.25, 0.3) is 0 Å². The van der Waals surface area contributed by atoms with Crippen LogP contribution in [0.15, 0.2) is 0 Å². The zero-order valence-corrected chi connectivity index (χ0v) is 9.01. The van der Waals surface area contributed by atoms with Crippen molar-refractivity contribution in [3.05, 3.63) is 0 Å². The summed E-state index contributed by atoms with van der Waals surface area (Å²) in [4.78, 5) is 10.8. The lowest BCUT2D eigenvalue weighted by Crippen LogP contribution is -2.24. The molecule has 1 rings (SSSR count). The van der Waals surface area contributed by atoms with Crippen LogP contribution < -0.4 is 0 Å². The average molecular weight is 220 g/mol. The van der Waals surface area contributed by atoms with E-state index in [-0.39, 0.29) is 0 Å². The first-order valence-electron chi connectivity index (χ1n) is 5.49. The second kappa shape index (κ2) is 4.90. The normalized spacial score (nSPS) is 20.5. The van der Waals surface area contributed by atoms with Gasteiger partial charge in [-0.25, -0.2) is 8.78 Å². The summed E-state index contributed by atoms with van der Waals surface area (Å²) in [6.07, 6.45) is 4.11. The number of hydrogen-bond acceptors (Lipinski definition) is 1. The van der Waals surface area contributed by atoms with E-state index in [1.54, 1.807) is 0 Å². The Morgan fingerprint density at radius 1 is 1.47 bits per heavy atom. The van der Waals surface area contributed by atoms with Crippen LogP contribution in [0, 0.1) is 11.8 Å². The number of hydrogen-bond donors (Lipinski definition) is 1. The topological polar surface area (TPSA) is 37.3 Å². The summed E-state index contributed by atoms with van der Waals surface area (Å²) in [7, 11) is 0. The van der Waals surface area contributed by atoms with Crippen molar-refractivity contribution >= 4 is 5.97 Å². The Morgan fingerprint density at radius 2 is 2.00 bits per heavy atom. The molecule has 0 spiro atoms. The highest BCUT2D eigenvalue weighted by Gasteiger charge is 2.33. The van der Waals surface area contributed by atoms with E-state index in [9.17, 15) is 13.6 Å². The van der Waals surface area contributed by atoms with Crippen LogP contribution >= 0.6 is 0 Å². The highest BCUT2D eigenvalue weighted by Crippen LogP contribution is 2.34. The molecule has 1 saturated carbocycles. The van der Waals surface area contributed by atoms with Crippen molar-refractivity contribution in [2.45, 2.75) is 51.4 Å². The second-order valence-corrected chi connectivity index (χ2v) is 4.70. The Morgan fingerprint density at radius 3 is 2.40 bits per heavy atom. The molecule has 0 radical (unpaired) electrons. The third-order valence-electron chi connectivity index (χ3n) is 3.05. The minimum Gasteiger partial charge on any atom is -0.481 e. The molecule has 1 fully saturated rings. The van der Waals surface area contributed by atoms with Crippen molar-refractivity contribution in [1.29, 1.82) is 0 Å². The monoisotopic (exact) mass is 220 g/mol. The summed E-state index contributed by atoms with van der Waals surface area (Å²) in [5, 5.41) is 8.86. The molecule has 15 heavy (non-hydrogen) atoms. The van der Waals surface area contributed by atoms with Crippen LogP contribution in [-0.4, -0.2) is 17.0 Å². The molecule has 0 aliphatic heterocycles.